The van der Waals surface area contributed by atoms with E-state index in [4.69, 9.17) is 4.74 Å². The lowest BCUT2D eigenvalue weighted by Crippen LogP contribution is -2.44. The molecule has 0 radical (unpaired) electrons. The summed E-state index contributed by atoms with van der Waals surface area (Å²) >= 11 is 0. The summed E-state index contributed by atoms with van der Waals surface area (Å²) in [5.41, 5.74) is 1.06. The molecule has 1 atom stereocenters. The van der Waals surface area contributed by atoms with E-state index in [1.165, 1.54) is 19.2 Å². The summed E-state index contributed by atoms with van der Waals surface area (Å²) in [4.78, 5) is 6.44. The summed E-state index contributed by atoms with van der Waals surface area (Å²) in [6.45, 7) is 4.17. The number of aromatic hydroxyl groups is 1. The average Bonchev–Trinajstić information content (AvgIpc) is 3.15. The van der Waals surface area contributed by atoms with E-state index in [0.29, 0.717) is 42.6 Å². The van der Waals surface area contributed by atoms with Crippen molar-refractivity contribution in [3.8, 4) is 11.5 Å². The van der Waals surface area contributed by atoms with Gasteiger partial charge in [-0.25, -0.2) is 13.8 Å². The standard InChI is InChI=1S/C21H26F2N4O2/c1-3-24-21(25-12-14-5-4-6-19(29-2)20(14)28)26-16-9-10-27(13-16)18-8-7-15(22)11-17(18)23/h4-8,11,16,28H,3,9-10,12-13H2,1-2H3,(H2,24,25,26). The molecule has 29 heavy (non-hydrogen) atoms. The molecule has 3 N–H and O–H groups in total. The van der Waals surface area contributed by atoms with Gasteiger partial charge in [0.2, 0.25) is 0 Å². The second-order valence-electron chi connectivity index (χ2n) is 6.83. The number of anilines is 1. The Hall–Kier alpha value is -3.03. The minimum atomic E-state index is -0.581. The number of para-hydroxylation sites is 1. The SMILES string of the molecule is CCNC(=NCc1cccc(OC)c1O)NC1CCN(c2ccc(F)cc2F)C1. The third-order valence-corrected chi connectivity index (χ3v) is 4.83. The molecule has 0 bridgehead atoms. The molecule has 0 aromatic heterocycles. The van der Waals surface area contributed by atoms with Crippen LogP contribution in [0.5, 0.6) is 11.5 Å². The molecule has 1 saturated heterocycles. The normalized spacial score (nSPS) is 16.8. The molecule has 0 saturated carbocycles. The molecule has 1 aliphatic rings. The zero-order chi connectivity index (χ0) is 20.8. The van der Waals surface area contributed by atoms with Crippen LogP contribution in [0, 0.1) is 11.6 Å². The van der Waals surface area contributed by atoms with Crippen molar-refractivity contribution in [2.45, 2.75) is 25.9 Å². The van der Waals surface area contributed by atoms with Crippen molar-refractivity contribution in [3.05, 3.63) is 53.6 Å². The number of phenolic OH excluding ortho intramolecular Hbond substituents is 1. The number of nitrogens with one attached hydrogen (secondary N) is 2. The van der Waals surface area contributed by atoms with Crippen LogP contribution in [0.4, 0.5) is 14.5 Å². The Kier molecular flexibility index (Phi) is 6.74. The van der Waals surface area contributed by atoms with Crippen LogP contribution < -0.4 is 20.3 Å². The Labute approximate surface area is 169 Å². The molecule has 1 unspecified atom stereocenters. The van der Waals surface area contributed by atoms with E-state index in [1.54, 1.807) is 18.2 Å². The number of guanidine groups is 1. The first kappa shape index (κ1) is 20.7. The lowest BCUT2D eigenvalue weighted by atomic mass is 10.2. The van der Waals surface area contributed by atoms with Crippen LogP contribution in [0.2, 0.25) is 0 Å². The maximum atomic E-state index is 14.0. The van der Waals surface area contributed by atoms with Crippen molar-refractivity contribution in [2.75, 3.05) is 31.6 Å². The van der Waals surface area contributed by atoms with Crippen molar-refractivity contribution in [1.29, 1.82) is 0 Å². The number of halogens is 2. The average molecular weight is 404 g/mol. The molecule has 8 heteroatoms. The summed E-state index contributed by atoms with van der Waals surface area (Å²) in [7, 11) is 1.50. The molecule has 0 amide bonds. The first-order valence-electron chi connectivity index (χ1n) is 9.61. The smallest absolute Gasteiger partial charge is 0.191 e. The molecular weight excluding hydrogens is 378 g/mol. The van der Waals surface area contributed by atoms with Crippen molar-refractivity contribution in [2.24, 2.45) is 4.99 Å². The minimum Gasteiger partial charge on any atom is -0.504 e. The number of hydrogen-bond donors (Lipinski definition) is 3. The van der Waals surface area contributed by atoms with E-state index >= 15 is 0 Å². The molecule has 2 aromatic rings. The quantitative estimate of drug-likeness (QED) is 0.510. The fraction of sp³-hybridized carbons (Fsp3) is 0.381. The molecule has 1 fully saturated rings. The minimum absolute atomic E-state index is 0.0659. The van der Waals surface area contributed by atoms with E-state index < -0.39 is 11.6 Å². The van der Waals surface area contributed by atoms with Gasteiger partial charge in [0.25, 0.3) is 0 Å². The van der Waals surface area contributed by atoms with Crippen LogP contribution in [-0.2, 0) is 6.54 Å². The lowest BCUT2D eigenvalue weighted by molar-refractivity contribution is 0.370. The van der Waals surface area contributed by atoms with E-state index in [1.807, 2.05) is 11.8 Å². The summed E-state index contributed by atoms with van der Waals surface area (Å²) in [6.07, 6.45) is 0.797. The molecule has 0 aliphatic carbocycles. The van der Waals surface area contributed by atoms with Gasteiger partial charge in [0.05, 0.1) is 19.3 Å². The van der Waals surface area contributed by atoms with E-state index in [2.05, 4.69) is 15.6 Å². The number of aliphatic imine (C=N–C) groups is 1. The van der Waals surface area contributed by atoms with Gasteiger partial charge in [-0.15, -0.1) is 0 Å². The largest absolute Gasteiger partial charge is 0.504 e. The van der Waals surface area contributed by atoms with E-state index in [-0.39, 0.29) is 18.3 Å². The fourth-order valence-electron chi connectivity index (χ4n) is 3.37. The highest BCUT2D eigenvalue weighted by Crippen LogP contribution is 2.29. The summed E-state index contributed by atoms with van der Waals surface area (Å²) in [6, 6.07) is 8.99. The first-order valence-corrected chi connectivity index (χ1v) is 9.61. The van der Waals surface area contributed by atoms with Gasteiger partial charge >= 0.3 is 0 Å². The van der Waals surface area contributed by atoms with Gasteiger partial charge in [0, 0.05) is 37.3 Å². The van der Waals surface area contributed by atoms with E-state index in [9.17, 15) is 13.9 Å². The number of rotatable bonds is 6. The molecule has 0 spiro atoms. The third kappa shape index (κ3) is 5.07. The predicted octanol–water partition coefficient (Wildman–Crippen LogP) is 3.01. The number of nitrogens with zero attached hydrogens (tertiary/aromatic N) is 2. The molecule has 1 aliphatic heterocycles. The lowest BCUT2D eigenvalue weighted by Gasteiger charge is -2.21. The Balaban J connectivity index is 1.65. The molecular formula is C21H26F2N4O2. The van der Waals surface area contributed by atoms with Crippen LogP contribution in [0.3, 0.4) is 0 Å². The molecule has 1 heterocycles. The monoisotopic (exact) mass is 404 g/mol. The highest BCUT2D eigenvalue weighted by molar-refractivity contribution is 5.80. The summed E-state index contributed by atoms with van der Waals surface area (Å²) in [5.74, 6) is -0.0415. The second kappa shape index (κ2) is 9.45. The van der Waals surface area contributed by atoms with Crippen molar-refractivity contribution in [3.63, 3.8) is 0 Å². The number of phenols is 1. The Bertz CT molecular complexity index is 876. The van der Waals surface area contributed by atoms with Gasteiger partial charge in [-0.2, -0.15) is 0 Å². The number of hydrogen-bond acceptors (Lipinski definition) is 4. The van der Waals surface area contributed by atoms with Gasteiger partial charge in [-0.05, 0) is 31.5 Å². The summed E-state index contributed by atoms with van der Waals surface area (Å²) < 4.78 is 32.3. The maximum absolute atomic E-state index is 14.0. The van der Waals surface area contributed by atoms with Crippen LogP contribution in [-0.4, -0.2) is 43.9 Å². The Morgan fingerprint density at radius 3 is 2.86 bits per heavy atom. The van der Waals surface area contributed by atoms with Gasteiger partial charge < -0.3 is 25.4 Å². The van der Waals surface area contributed by atoms with Gasteiger partial charge in [0.1, 0.15) is 11.6 Å². The molecule has 2 aromatic carbocycles. The molecule has 3 rings (SSSR count). The third-order valence-electron chi connectivity index (χ3n) is 4.83. The van der Waals surface area contributed by atoms with Crippen LogP contribution >= 0.6 is 0 Å². The predicted molar refractivity (Wildman–Crippen MR) is 110 cm³/mol. The summed E-state index contributed by atoms with van der Waals surface area (Å²) in [5, 5.41) is 16.8. The molecule has 6 nitrogen and oxygen atoms in total. The Morgan fingerprint density at radius 1 is 1.31 bits per heavy atom. The number of ether oxygens (including phenoxy) is 1. The second-order valence-corrected chi connectivity index (χ2v) is 6.83. The van der Waals surface area contributed by atoms with Crippen molar-refractivity contribution in [1.82, 2.24) is 10.6 Å². The molecule has 156 valence electrons. The topological polar surface area (TPSA) is 69.1 Å². The number of benzene rings is 2. The Morgan fingerprint density at radius 2 is 2.14 bits per heavy atom. The van der Waals surface area contributed by atoms with Gasteiger partial charge in [-0.3, -0.25) is 0 Å². The van der Waals surface area contributed by atoms with Crippen molar-refractivity contribution < 1.29 is 18.6 Å². The van der Waals surface area contributed by atoms with Crippen LogP contribution in [0.15, 0.2) is 41.4 Å². The van der Waals surface area contributed by atoms with Gasteiger partial charge in [0.15, 0.2) is 17.5 Å². The fourth-order valence-corrected chi connectivity index (χ4v) is 3.37. The highest BCUT2D eigenvalue weighted by Gasteiger charge is 2.25. The number of methoxy groups -OCH3 is 1. The maximum Gasteiger partial charge on any atom is 0.191 e. The first-order chi connectivity index (χ1) is 14.0. The van der Waals surface area contributed by atoms with Crippen LogP contribution in [0.1, 0.15) is 18.9 Å². The van der Waals surface area contributed by atoms with Crippen molar-refractivity contribution >= 4 is 11.6 Å². The zero-order valence-corrected chi connectivity index (χ0v) is 16.6. The van der Waals surface area contributed by atoms with Crippen LogP contribution in [0.25, 0.3) is 0 Å². The van der Waals surface area contributed by atoms with Gasteiger partial charge in [-0.1, -0.05) is 12.1 Å². The highest BCUT2D eigenvalue weighted by atomic mass is 19.1. The zero-order valence-electron chi connectivity index (χ0n) is 16.6. The van der Waals surface area contributed by atoms with E-state index in [0.717, 1.165) is 12.5 Å².